The molecule has 0 aliphatic carbocycles. The van der Waals surface area contributed by atoms with Gasteiger partial charge in [0.1, 0.15) is 11.4 Å². The number of carbonyl (C=O) groups is 2. The standard InChI is InChI=1S/C22H30N6O4/c1-13-5-7-14(8-6-13)25-19-15(18(23)29)11-24-20(27-19)26-16-9-10-32-12-17(16)28(21(30)31)22(2,3)4/h5-8,11,16-17H,9-10,12H2,1-4H3,(H2,23,29)(H,30,31)(H2,24,25,26,27)/t16-,17+/m1/s1. The van der Waals surface area contributed by atoms with Crippen LogP contribution in [0, 0.1) is 6.92 Å². The molecule has 1 aliphatic heterocycles. The van der Waals surface area contributed by atoms with Gasteiger partial charge in [-0.25, -0.2) is 9.78 Å². The van der Waals surface area contributed by atoms with E-state index in [0.717, 1.165) is 11.3 Å². The van der Waals surface area contributed by atoms with Crippen LogP contribution in [0.25, 0.3) is 0 Å². The van der Waals surface area contributed by atoms with Crippen molar-refractivity contribution in [2.24, 2.45) is 5.73 Å². The number of rotatable bonds is 6. The van der Waals surface area contributed by atoms with Crippen molar-refractivity contribution >= 4 is 29.5 Å². The molecular weight excluding hydrogens is 412 g/mol. The molecule has 32 heavy (non-hydrogen) atoms. The van der Waals surface area contributed by atoms with Crippen LogP contribution >= 0.6 is 0 Å². The summed E-state index contributed by atoms with van der Waals surface area (Å²) in [4.78, 5) is 34.0. The van der Waals surface area contributed by atoms with Gasteiger partial charge in [-0.1, -0.05) is 17.7 Å². The number of anilines is 3. The molecule has 1 aliphatic rings. The van der Waals surface area contributed by atoms with E-state index in [0.29, 0.717) is 13.0 Å². The van der Waals surface area contributed by atoms with Gasteiger partial charge in [-0.2, -0.15) is 4.98 Å². The Morgan fingerprint density at radius 1 is 1.25 bits per heavy atom. The number of nitrogens with one attached hydrogen (secondary N) is 2. The number of carboxylic acid groups (broad SMARTS) is 1. The Kier molecular flexibility index (Phi) is 6.83. The third-order valence-electron chi connectivity index (χ3n) is 5.27. The maximum absolute atomic E-state index is 12.0. The highest BCUT2D eigenvalue weighted by molar-refractivity contribution is 5.98. The van der Waals surface area contributed by atoms with Crippen LogP contribution in [0.15, 0.2) is 30.5 Å². The van der Waals surface area contributed by atoms with E-state index in [1.165, 1.54) is 11.1 Å². The molecule has 2 amide bonds. The second kappa shape index (κ2) is 9.39. The van der Waals surface area contributed by atoms with Gasteiger partial charge in [-0.15, -0.1) is 0 Å². The number of primary amides is 1. The minimum Gasteiger partial charge on any atom is -0.465 e. The summed E-state index contributed by atoms with van der Waals surface area (Å²) in [5, 5.41) is 16.2. The van der Waals surface area contributed by atoms with E-state index in [2.05, 4.69) is 20.6 Å². The zero-order chi connectivity index (χ0) is 23.5. The molecule has 10 heteroatoms. The second-order valence-electron chi connectivity index (χ2n) is 8.82. The van der Waals surface area contributed by atoms with E-state index in [9.17, 15) is 14.7 Å². The van der Waals surface area contributed by atoms with Crippen LogP contribution in [0.1, 0.15) is 43.1 Å². The SMILES string of the molecule is Cc1ccc(Nc2nc(N[C@@H]3CCOC[C@@H]3N(C(=O)O)C(C)(C)C)ncc2C(N)=O)cc1. The first-order valence-corrected chi connectivity index (χ1v) is 10.4. The van der Waals surface area contributed by atoms with Crippen LogP contribution in [-0.2, 0) is 4.74 Å². The number of amides is 2. The predicted octanol–water partition coefficient (Wildman–Crippen LogP) is 2.98. The molecule has 2 atom stereocenters. The molecular formula is C22H30N6O4. The van der Waals surface area contributed by atoms with E-state index in [4.69, 9.17) is 10.5 Å². The summed E-state index contributed by atoms with van der Waals surface area (Å²) in [6.45, 7) is 8.25. The summed E-state index contributed by atoms with van der Waals surface area (Å²) in [6.07, 6.45) is 0.916. The van der Waals surface area contributed by atoms with E-state index in [1.807, 2.05) is 52.0 Å². The molecule has 1 fully saturated rings. The predicted molar refractivity (Wildman–Crippen MR) is 121 cm³/mol. The molecule has 1 saturated heterocycles. The summed E-state index contributed by atoms with van der Waals surface area (Å²) < 4.78 is 5.58. The fourth-order valence-corrected chi connectivity index (χ4v) is 3.74. The zero-order valence-electron chi connectivity index (χ0n) is 18.8. The van der Waals surface area contributed by atoms with Gasteiger partial charge in [0.2, 0.25) is 5.95 Å². The van der Waals surface area contributed by atoms with Crippen molar-refractivity contribution in [1.82, 2.24) is 14.9 Å². The monoisotopic (exact) mass is 442 g/mol. The minimum absolute atomic E-state index is 0.154. The molecule has 0 bridgehead atoms. The van der Waals surface area contributed by atoms with Gasteiger partial charge in [0.25, 0.3) is 5.91 Å². The maximum Gasteiger partial charge on any atom is 0.408 e. The third-order valence-corrected chi connectivity index (χ3v) is 5.27. The lowest BCUT2D eigenvalue weighted by molar-refractivity contribution is -0.0156. The van der Waals surface area contributed by atoms with Gasteiger partial charge in [-0.3, -0.25) is 9.69 Å². The molecule has 0 radical (unpaired) electrons. The van der Waals surface area contributed by atoms with Crippen LogP contribution in [0.3, 0.4) is 0 Å². The summed E-state index contributed by atoms with van der Waals surface area (Å²) in [6, 6.07) is 6.91. The van der Waals surface area contributed by atoms with Crippen molar-refractivity contribution in [2.45, 2.75) is 51.7 Å². The van der Waals surface area contributed by atoms with Gasteiger partial charge in [-0.05, 0) is 46.2 Å². The Balaban J connectivity index is 1.88. The second-order valence-corrected chi connectivity index (χ2v) is 8.82. The molecule has 10 nitrogen and oxygen atoms in total. The Hall–Kier alpha value is -3.40. The normalized spacial score (nSPS) is 18.6. The number of nitrogens with zero attached hydrogens (tertiary/aromatic N) is 3. The fraction of sp³-hybridized carbons (Fsp3) is 0.455. The molecule has 1 aromatic carbocycles. The molecule has 5 N–H and O–H groups in total. The van der Waals surface area contributed by atoms with Crippen molar-refractivity contribution in [3.05, 3.63) is 41.6 Å². The maximum atomic E-state index is 12.0. The van der Waals surface area contributed by atoms with Crippen LogP contribution in [0.4, 0.5) is 22.2 Å². The van der Waals surface area contributed by atoms with Crippen LogP contribution in [-0.4, -0.2) is 62.8 Å². The lowest BCUT2D eigenvalue weighted by Crippen LogP contribution is -2.60. The average molecular weight is 443 g/mol. The third kappa shape index (κ3) is 5.44. The molecule has 172 valence electrons. The van der Waals surface area contributed by atoms with Crippen molar-refractivity contribution in [2.75, 3.05) is 23.8 Å². The van der Waals surface area contributed by atoms with Gasteiger partial charge >= 0.3 is 6.09 Å². The first-order chi connectivity index (χ1) is 15.1. The molecule has 0 saturated carbocycles. The Morgan fingerprint density at radius 2 is 1.94 bits per heavy atom. The van der Waals surface area contributed by atoms with Gasteiger partial charge in [0.05, 0.1) is 18.7 Å². The van der Waals surface area contributed by atoms with Crippen molar-refractivity contribution in [1.29, 1.82) is 0 Å². The number of carbonyl (C=O) groups excluding carboxylic acids is 1. The Bertz CT molecular complexity index is 973. The number of aryl methyl sites for hydroxylation is 1. The largest absolute Gasteiger partial charge is 0.465 e. The zero-order valence-corrected chi connectivity index (χ0v) is 18.8. The number of ether oxygens (including phenoxy) is 1. The van der Waals surface area contributed by atoms with Gasteiger partial charge in [0, 0.05) is 24.0 Å². The van der Waals surface area contributed by atoms with Crippen LogP contribution in [0.5, 0.6) is 0 Å². The highest BCUT2D eigenvalue weighted by Crippen LogP contribution is 2.26. The van der Waals surface area contributed by atoms with E-state index < -0.39 is 23.6 Å². The Labute approximate surface area is 187 Å². The summed E-state index contributed by atoms with van der Waals surface area (Å²) >= 11 is 0. The summed E-state index contributed by atoms with van der Waals surface area (Å²) in [5.74, 6) is -0.117. The average Bonchev–Trinajstić information content (AvgIpc) is 2.70. The van der Waals surface area contributed by atoms with Crippen molar-refractivity contribution < 1.29 is 19.4 Å². The lowest BCUT2D eigenvalue weighted by Gasteiger charge is -2.44. The van der Waals surface area contributed by atoms with Crippen LogP contribution in [0.2, 0.25) is 0 Å². The van der Waals surface area contributed by atoms with E-state index in [-0.39, 0.29) is 30.0 Å². The highest BCUT2D eigenvalue weighted by Gasteiger charge is 2.40. The number of benzene rings is 1. The smallest absolute Gasteiger partial charge is 0.408 e. The molecule has 0 unspecified atom stereocenters. The summed E-state index contributed by atoms with van der Waals surface area (Å²) in [7, 11) is 0. The van der Waals surface area contributed by atoms with Crippen molar-refractivity contribution in [3.63, 3.8) is 0 Å². The number of hydrogen-bond donors (Lipinski definition) is 4. The van der Waals surface area contributed by atoms with Gasteiger partial charge in [0.15, 0.2) is 0 Å². The van der Waals surface area contributed by atoms with Gasteiger partial charge < -0.3 is 26.2 Å². The molecule has 2 heterocycles. The molecule has 0 spiro atoms. The number of aromatic nitrogens is 2. The summed E-state index contributed by atoms with van der Waals surface area (Å²) in [5.41, 5.74) is 6.88. The first kappa shape index (κ1) is 23.3. The highest BCUT2D eigenvalue weighted by atomic mass is 16.5. The lowest BCUT2D eigenvalue weighted by atomic mass is 9.96. The fourth-order valence-electron chi connectivity index (χ4n) is 3.74. The van der Waals surface area contributed by atoms with Crippen molar-refractivity contribution in [3.8, 4) is 0 Å². The quantitative estimate of drug-likeness (QED) is 0.535. The molecule has 3 rings (SSSR count). The van der Waals surface area contributed by atoms with E-state index in [1.54, 1.807) is 0 Å². The molecule has 1 aromatic heterocycles. The van der Waals surface area contributed by atoms with Crippen LogP contribution < -0.4 is 16.4 Å². The topological polar surface area (TPSA) is 143 Å². The Morgan fingerprint density at radius 3 is 2.53 bits per heavy atom. The van der Waals surface area contributed by atoms with E-state index >= 15 is 0 Å². The molecule has 2 aromatic rings. The number of nitrogens with two attached hydrogens (primary N) is 1. The number of hydrogen-bond acceptors (Lipinski definition) is 7. The first-order valence-electron chi connectivity index (χ1n) is 10.4. The minimum atomic E-state index is -1.02.